The Morgan fingerprint density at radius 3 is 2.41 bits per heavy atom. The maximum Gasteiger partial charge on any atom is 0.417 e. The summed E-state index contributed by atoms with van der Waals surface area (Å²) in [5.74, 6) is -3.07. The molecule has 2 aromatic carbocycles. The molecule has 0 aliphatic carbocycles. The number of hydrogen-bond donors (Lipinski definition) is 1. The minimum Gasteiger partial charge on any atom is -0.465 e. The number of hydrogen-bond acceptors (Lipinski definition) is 6. The lowest BCUT2D eigenvalue weighted by Gasteiger charge is -2.15. The van der Waals surface area contributed by atoms with Crippen molar-refractivity contribution >= 4 is 28.7 Å². The van der Waals surface area contributed by atoms with Crippen LogP contribution in [0.4, 0.5) is 23.4 Å². The molecular formula is C26H18F4N6O3. The Balaban J connectivity index is 1.63. The number of carbonyl (C=O) groups is 2. The third-order valence-electron chi connectivity index (χ3n) is 5.81. The van der Waals surface area contributed by atoms with E-state index in [1.54, 1.807) is 30.3 Å². The summed E-state index contributed by atoms with van der Waals surface area (Å²) in [4.78, 5) is 29.5. The molecule has 0 fully saturated rings. The van der Waals surface area contributed by atoms with Crippen molar-refractivity contribution in [3.8, 4) is 16.9 Å². The Morgan fingerprint density at radius 1 is 1.03 bits per heavy atom. The highest BCUT2D eigenvalue weighted by Gasteiger charge is 2.36. The number of alkyl halides is 3. The molecule has 0 saturated carbocycles. The van der Waals surface area contributed by atoms with E-state index in [1.165, 1.54) is 48.0 Å². The average Bonchev–Trinajstić information content (AvgIpc) is 3.51. The molecule has 0 bridgehead atoms. The van der Waals surface area contributed by atoms with Crippen molar-refractivity contribution in [1.29, 1.82) is 0 Å². The summed E-state index contributed by atoms with van der Waals surface area (Å²) in [6.07, 6.45) is -2.25. The van der Waals surface area contributed by atoms with Gasteiger partial charge in [-0.2, -0.15) is 23.4 Å². The molecule has 1 amide bonds. The van der Waals surface area contributed by atoms with Crippen molar-refractivity contribution in [3.63, 3.8) is 0 Å². The Labute approximate surface area is 217 Å². The molecule has 3 heterocycles. The minimum atomic E-state index is -4.90. The van der Waals surface area contributed by atoms with Gasteiger partial charge in [0.15, 0.2) is 5.82 Å². The van der Waals surface area contributed by atoms with Crippen molar-refractivity contribution in [2.24, 2.45) is 7.05 Å². The van der Waals surface area contributed by atoms with Gasteiger partial charge in [-0.1, -0.05) is 18.2 Å². The lowest BCUT2D eigenvalue weighted by Crippen LogP contribution is -2.18. The van der Waals surface area contributed by atoms with Crippen LogP contribution in [0.5, 0.6) is 0 Å². The van der Waals surface area contributed by atoms with E-state index in [4.69, 9.17) is 4.74 Å². The summed E-state index contributed by atoms with van der Waals surface area (Å²) in [6, 6.07) is 12.4. The zero-order valence-corrected chi connectivity index (χ0v) is 20.3. The van der Waals surface area contributed by atoms with Gasteiger partial charge in [0.25, 0.3) is 5.91 Å². The predicted molar refractivity (Wildman–Crippen MR) is 132 cm³/mol. The number of nitrogens with one attached hydrogen (secondary N) is 1. The fraction of sp³-hybridized carbons (Fsp3) is 0.115. The van der Waals surface area contributed by atoms with Crippen LogP contribution in [0.1, 0.15) is 26.3 Å². The van der Waals surface area contributed by atoms with Crippen molar-refractivity contribution in [2.75, 3.05) is 12.4 Å². The summed E-state index contributed by atoms with van der Waals surface area (Å²) >= 11 is 0. The molecule has 5 aromatic rings. The van der Waals surface area contributed by atoms with Gasteiger partial charge >= 0.3 is 12.1 Å². The number of carbonyl (C=O) groups excluding carboxylic acids is 2. The van der Waals surface area contributed by atoms with E-state index >= 15 is 4.39 Å². The number of amides is 1. The summed E-state index contributed by atoms with van der Waals surface area (Å²) in [6.45, 7) is 0. The molecule has 0 saturated heterocycles. The van der Waals surface area contributed by atoms with Crippen LogP contribution in [-0.2, 0) is 18.0 Å². The first kappa shape index (κ1) is 25.6. The molecule has 0 aliphatic heterocycles. The molecule has 0 unspecified atom stereocenters. The van der Waals surface area contributed by atoms with E-state index in [2.05, 4.69) is 20.5 Å². The minimum absolute atomic E-state index is 0.0105. The van der Waals surface area contributed by atoms with Crippen LogP contribution in [0.3, 0.4) is 0 Å². The van der Waals surface area contributed by atoms with Gasteiger partial charge in [-0.15, -0.1) is 0 Å². The molecule has 0 spiro atoms. The number of fused-ring (bicyclic) bond motifs is 1. The van der Waals surface area contributed by atoms with Crippen LogP contribution in [-0.4, -0.2) is 43.5 Å². The number of pyridine rings is 1. The first-order valence-electron chi connectivity index (χ1n) is 11.3. The number of anilines is 1. The molecule has 3 aromatic heterocycles. The first-order chi connectivity index (χ1) is 18.6. The number of aryl methyl sites for hydroxylation is 1. The van der Waals surface area contributed by atoms with E-state index in [9.17, 15) is 22.8 Å². The van der Waals surface area contributed by atoms with Gasteiger partial charge in [-0.3, -0.25) is 9.48 Å². The van der Waals surface area contributed by atoms with Crippen LogP contribution < -0.4 is 5.32 Å². The summed E-state index contributed by atoms with van der Waals surface area (Å²) in [5.41, 5.74) is -1.51. The zero-order valence-electron chi connectivity index (χ0n) is 20.3. The molecule has 5 rings (SSSR count). The van der Waals surface area contributed by atoms with Gasteiger partial charge in [0.05, 0.1) is 35.2 Å². The summed E-state index contributed by atoms with van der Waals surface area (Å²) in [7, 11) is 2.72. The highest BCUT2D eigenvalue weighted by Crippen LogP contribution is 2.38. The van der Waals surface area contributed by atoms with Crippen molar-refractivity contribution in [3.05, 3.63) is 89.5 Å². The van der Waals surface area contributed by atoms with E-state index in [0.717, 1.165) is 6.07 Å². The lowest BCUT2D eigenvalue weighted by molar-refractivity contribution is -0.137. The van der Waals surface area contributed by atoms with Crippen molar-refractivity contribution in [2.45, 2.75) is 6.18 Å². The molecule has 39 heavy (non-hydrogen) atoms. The highest BCUT2D eigenvalue weighted by atomic mass is 19.4. The quantitative estimate of drug-likeness (QED) is 0.249. The second kappa shape index (κ2) is 9.67. The van der Waals surface area contributed by atoms with Crippen molar-refractivity contribution in [1.82, 2.24) is 24.5 Å². The van der Waals surface area contributed by atoms with E-state index in [1.807, 2.05) is 0 Å². The van der Waals surface area contributed by atoms with Gasteiger partial charge in [-0.25, -0.2) is 18.9 Å². The van der Waals surface area contributed by atoms with E-state index in [-0.39, 0.29) is 34.2 Å². The number of esters is 1. The molecule has 9 nitrogen and oxygen atoms in total. The predicted octanol–water partition coefficient (Wildman–Crippen LogP) is 5.02. The first-order valence-corrected chi connectivity index (χ1v) is 11.3. The molecule has 0 atom stereocenters. The lowest BCUT2D eigenvalue weighted by atomic mass is 9.99. The number of ether oxygens (including phenoxy) is 1. The third-order valence-corrected chi connectivity index (χ3v) is 5.81. The van der Waals surface area contributed by atoms with Crippen LogP contribution in [0, 0.1) is 5.82 Å². The Hall–Kier alpha value is -5.07. The normalized spacial score (nSPS) is 11.5. The van der Waals surface area contributed by atoms with E-state index in [0.29, 0.717) is 5.69 Å². The smallest absolute Gasteiger partial charge is 0.417 e. The second-order valence-corrected chi connectivity index (χ2v) is 8.38. The molecule has 13 heteroatoms. The summed E-state index contributed by atoms with van der Waals surface area (Å²) in [5, 5.41) is 10.9. The Bertz CT molecular complexity index is 1730. The van der Waals surface area contributed by atoms with Crippen LogP contribution in [0.2, 0.25) is 0 Å². The Kier molecular flexibility index (Phi) is 6.34. The van der Waals surface area contributed by atoms with Crippen LogP contribution in [0.25, 0.3) is 28.0 Å². The zero-order chi connectivity index (χ0) is 27.9. The van der Waals surface area contributed by atoms with Crippen molar-refractivity contribution < 1.29 is 31.9 Å². The number of methoxy groups -OCH3 is 1. The van der Waals surface area contributed by atoms with Gasteiger partial charge in [0, 0.05) is 25.0 Å². The number of benzene rings is 2. The molecule has 1 N–H and O–H groups in total. The SMILES string of the molecule is COC(=O)c1cnc2c(NC(=O)c3cc(-c4ccn(C)n4)c(C(F)(F)F)cc3F)n(-c3ccccc3)nc2c1. The Morgan fingerprint density at radius 2 is 1.77 bits per heavy atom. The molecule has 0 aliphatic rings. The van der Waals surface area contributed by atoms with E-state index < -0.39 is 40.6 Å². The van der Waals surface area contributed by atoms with Gasteiger partial charge in [-0.05, 0) is 36.4 Å². The molecule has 0 radical (unpaired) electrons. The summed E-state index contributed by atoms with van der Waals surface area (Å²) < 4.78 is 63.5. The maximum atomic E-state index is 15.0. The highest BCUT2D eigenvalue weighted by molar-refractivity contribution is 6.08. The van der Waals surface area contributed by atoms with Crippen LogP contribution >= 0.6 is 0 Å². The molecule has 198 valence electrons. The average molecular weight is 538 g/mol. The number of rotatable bonds is 5. The molecular weight excluding hydrogens is 520 g/mol. The largest absolute Gasteiger partial charge is 0.465 e. The fourth-order valence-electron chi connectivity index (χ4n) is 3.99. The fourth-order valence-corrected chi connectivity index (χ4v) is 3.99. The van der Waals surface area contributed by atoms with Crippen LogP contribution in [0.15, 0.2) is 67.0 Å². The van der Waals surface area contributed by atoms with Gasteiger partial charge < -0.3 is 10.1 Å². The number of halogens is 4. The van der Waals surface area contributed by atoms with Gasteiger partial charge in [0.2, 0.25) is 0 Å². The second-order valence-electron chi connectivity index (χ2n) is 8.38. The topological polar surface area (TPSA) is 104 Å². The number of para-hydroxylation sites is 1. The number of aromatic nitrogens is 5. The monoisotopic (exact) mass is 538 g/mol. The third kappa shape index (κ3) is 4.81. The number of nitrogens with zero attached hydrogens (tertiary/aromatic N) is 5. The standard InChI is InChI=1S/C26H18F4N6O3/c1-35-9-8-20(33-35)16-11-17(19(27)12-18(16)26(28,29)30)24(37)32-23-22-21(10-14(13-31-22)25(38)39-2)34-36(23)15-6-4-3-5-7-15/h3-13H,1-2H3,(H,32,37). The van der Waals surface area contributed by atoms with Gasteiger partial charge in [0.1, 0.15) is 16.9 Å². The maximum absolute atomic E-state index is 15.0.